The van der Waals surface area contributed by atoms with Gasteiger partial charge in [0.15, 0.2) is 0 Å². The Morgan fingerprint density at radius 1 is 1.05 bits per heavy atom. The summed E-state index contributed by atoms with van der Waals surface area (Å²) in [5.74, 6) is 0.738. The number of amides is 1. The van der Waals surface area contributed by atoms with Gasteiger partial charge in [-0.05, 0) is 32.1 Å². The summed E-state index contributed by atoms with van der Waals surface area (Å²) in [6.45, 7) is 2.76. The smallest absolute Gasteiger partial charge is 0.223 e. The van der Waals surface area contributed by atoms with Gasteiger partial charge in [-0.1, -0.05) is 0 Å². The minimum absolute atomic E-state index is 0.316. The molecular weight excluding hydrogens is 240 g/mol. The van der Waals surface area contributed by atoms with Crippen LogP contribution in [0.4, 0.5) is 0 Å². The summed E-state index contributed by atoms with van der Waals surface area (Å²) in [4.78, 5) is 28.2. The van der Waals surface area contributed by atoms with Crippen LogP contribution in [0.15, 0.2) is 0 Å². The van der Waals surface area contributed by atoms with Crippen molar-refractivity contribution in [3.63, 3.8) is 0 Å². The molecule has 4 heteroatoms. The SMILES string of the molecule is O=C1CC2CCC(C1)N2CCC(=O)N1CCCCC1. The molecule has 3 rings (SSSR count). The number of carbonyl (C=O) groups is 2. The molecule has 2 atom stereocenters. The first kappa shape index (κ1) is 13.1. The van der Waals surface area contributed by atoms with E-state index in [2.05, 4.69) is 4.90 Å². The fraction of sp³-hybridized carbons (Fsp3) is 0.867. The molecule has 19 heavy (non-hydrogen) atoms. The zero-order valence-corrected chi connectivity index (χ0v) is 11.6. The van der Waals surface area contributed by atoms with Crippen molar-refractivity contribution in [3.05, 3.63) is 0 Å². The number of carbonyl (C=O) groups excluding carboxylic acids is 2. The summed E-state index contributed by atoms with van der Waals surface area (Å²) in [6, 6.07) is 0.862. The van der Waals surface area contributed by atoms with Crippen LogP contribution >= 0.6 is 0 Å². The highest BCUT2D eigenvalue weighted by Gasteiger charge is 2.39. The predicted molar refractivity (Wildman–Crippen MR) is 72.8 cm³/mol. The first-order valence-corrected chi connectivity index (χ1v) is 7.79. The number of ketones is 1. The standard InChI is InChI=1S/C15H24N2O2/c18-14-10-12-4-5-13(11-14)17(12)9-6-15(19)16-7-2-1-3-8-16/h12-13H,1-11H2. The van der Waals surface area contributed by atoms with Gasteiger partial charge in [-0.2, -0.15) is 0 Å². The van der Waals surface area contributed by atoms with Crippen LogP contribution in [0.2, 0.25) is 0 Å². The Morgan fingerprint density at radius 3 is 2.32 bits per heavy atom. The zero-order chi connectivity index (χ0) is 13.2. The summed E-state index contributed by atoms with van der Waals surface area (Å²) < 4.78 is 0. The summed E-state index contributed by atoms with van der Waals surface area (Å²) in [6.07, 6.45) is 7.96. The number of likely N-dealkylation sites (tertiary alicyclic amines) is 1. The fourth-order valence-corrected chi connectivity index (χ4v) is 3.95. The lowest BCUT2D eigenvalue weighted by Gasteiger charge is -2.34. The average molecular weight is 264 g/mol. The van der Waals surface area contributed by atoms with Gasteiger partial charge in [-0.3, -0.25) is 14.5 Å². The van der Waals surface area contributed by atoms with E-state index in [1.165, 1.54) is 6.42 Å². The van der Waals surface area contributed by atoms with Crippen molar-refractivity contribution in [3.8, 4) is 0 Å². The summed E-state index contributed by atoms with van der Waals surface area (Å²) in [5.41, 5.74) is 0. The highest BCUT2D eigenvalue weighted by Crippen LogP contribution is 2.33. The second kappa shape index (κ2) is 5.61. The molecule has 106 valence electrons. The fourth-order valence-electron chi connectivity index (χ4n) is 3.95. The van der Waals surface area contributed by atoms with Crippen molar-refractivity contribution in [2.45, 2.75) is 63.5 Å². The first-order chi connectivity index (χ1) is 9.24. The van der Waals surface area contributed by atoms with Crippen LogP contribution in [0.25, 0.3) is 0 Å². The highest BCUT2D eigenvalue weighted by molar-refractivity contribution is 5.81. The molecule has 0 aromatic rings. The van der Waals surface area contributed by atoms with Crippen LogP contribution in [0.3, 0.4) is 0 Å². The molecule has 2 unspecified atom stereocenters. The molecule has 0 saturated carbocycles. The van der Waals surface area contributed by atoms with E-state index < -0.39 is 0 Å². The van der Waals surface area contributed by atoms with Crippen LogP contribution < -0.4 is 0 Å². The number of fused-ring (bicyclic) bond motifs is 2. The van der Waals surface area contributed by atoms with Crippen LogP contribution in [0.1, 0.15) is 51.4 Å². The van der Waals surface area contributed by atoms with Crippen molar-refractivity contribution in [2.24, 2.45) is 0 Å². The van der Waals surface area contributed by atoms with Gasteiger partial charge in [-0.25, -0.2) is 0 Å². The van der Waals surface area contributed by atoms with E-state index in [-0.39, 0.29) is 0 Å². The van der Waals surface area contributed by atoms with Crippen LogP contribution in [0.5, 0.6) is 0 Å². The van der Waals surface area contributed by atoms with Gasteiger partial charge in [0, 0.05) is 51.0 Å². The second-order valence-corrected chi connectivity index (χ2v) is 6.26. The van der Waals surface area contributed by atoms with Crippen molar-refractivity contribution >= 4 is 11.7 Å². The number of piperidine rings is 2. The van der Waals surface area contributed by atoms with E-state index in [4.69, 9.17) is 0 Å². The van der Waals surface area contributed by atoms with Crippen LogP contribution in [0, 0.1) is 0 Å². The van der Waals surface area contributed by atoms with E-state index in [0.717, 1.165) is 45.3 Å². The molecule has 4 nitrogen and oxygen atoms in total. The molecule has 0 N–H and O–H groups in total. The Bertz CT molecular complexity index is 347. The second-order valence-electron chi connectivity index (χ2n) is 6.26. The van der Waals surface area contributed by atoms with E-state index in [0.29, 0.717) is 43.0 Å². The molecule has 3 saturated heterocycles. The van der Waals surface area contributed by atoms with E-state index in [9.17, 15) is 9.59 Å². The molecule has 0 aromatic carbocycles. The minimum Gasteiger partial charge on any atom is -0.343 e. The molecule has 0 aliphatic carbocycles. The van der Waals surface area contributed by atoms with Gasteiger partial charge in [0.1, 0.15) is 5.78 Å². The average Bonchev–Trinajstić information content (AvgIpc) is 2.67. The number of Topliss-reactive ketones (excluding diaryl/α,β-unsaturated/α-hetero) is 1. The third-order valence-electron chi connectivity index (χ3n) is 4.99. The van der Waals surface area contributed by atoms with E-state index >= 15 is 0 Å². The van der Waals surface area contributed by atoms with E-state index in [1.807, 2.05) is 4.90 Å². The van der Waals surface area contributed by atoms with Gasteiger partial charge in [-0.15, -0.1) is 0 Å². The molecular formula is C15H24N2O2. The van der Waals surface area contributed by atoms with Crippen LogP contribution in [-0.4, -0.2) is 53.2 Å². The monoisotopic (exact) mass is 264 g/mol. The largest absolute Gasteiger partial charge is 0.343 e. The summed E-state index contributed by atoms with van der Waals surface area (Å²) in [7, 11) is 0. The molecule has 3 aliphatic heterocycles. The van der Waals surface area contributed by atoms with Gasteiger partial charge in [0.2, 0.25) is 5.91 Å². The first-order valence-electron chi connectivity index (χ1n) is 7.79. The molecule has 2 bridgehead atoms. The van der Waals surface area contributed by atoms with E-state index in [1.54, 1.807) is 0 Å². The lowest BCUT2D eigenvalue weighted by atomic mass is 10.0. The quantitative estimate of drug-likeness (QED) is 0.777. The number of rotatable bonds is 3. The number of nitrogens with zero attached hydrogens (tertiary/aromatic N) is 2. The molecule has 3 fully saturated rings. The zero-order valence-electron chi connectivity index (χ0n) is 11.6. The molecule has 3 heterocycles. The molecule has 0 aromatic heterocycles. The van der Waals surface area contributed by atoms with Gasteiger partial charge >= 0.3 is 0 Å². The number of hydrogen-bond acceptors (Lipinski definition) is 3. The van der Waals surface area contributed by atoms with Gasteiger partial charge in [0.25, 0.3) is 0 Å². The topological polar surface area (TPSA) is 40.6 Å². The maximum atomic E-state index is 12.2. The van der Waals surface area contributed by atoms with Crippen LogP contribution in [-0.2, 0) is 9.59 Å². The van der Waals surface area contributed by atoms with Crippen molar-refractivity contribution in [1.29, 1.82) is 0 Å². The lowest BCUT2D eigenvalue weighted by molar-refractivity contribution is -0.132. The Hall–Kier alpha value is -0.900. The van der Waals surface area contributed by atoms with Gasteiger partial charge in [0.05, 0.1) is 0 Å². The molecule has 3 aliphatic rings. The molecule has 1 amide bonds. The Kier molecular flexibility index (Phi) is 3.87. The lowest BCUT2D eigenvalue weighted by Crippen LogP contribution is -2.45. The van der Waals surface area contributed by atoms with Crippen molar-refractivity contribution < 1.29 is 9.59 Å². The number of hydrogen-bond donors (Lipinski definition) is 0. The molecule has 0 radical (unpaired) electrons. The third-order valence-corrected chi connectivity index (χ3v) is 4.99. The highest BCUT2D eigenvalue weighted by atomic mass is 16.2. The minimum atomic E-state index is 0.316. The molecule has 0 spiro atoms. The maximum absolute atomic E-state index is 12.2. The van der Waals surface area contributed by atoms with Gasteiger partial charge < -0.3 is 4.90 Å². The predicted octanol–water partition coefficient (Wildman–Crippen LogP) is 1.58. The summed E-state index contributed by atoms with van der Waals surface area (Å²) >= 11 is 0. The third kappa shape index (κ3) is 2.83. The normalized spacial score (nSPS) is 31.8. The van der Waals surface area contributed by atoms with Crippen molar-refractivity contribution in [2.75, 3.05) is 19.6 Å². The van der Waals surface area contributed by atoms with Crippen molar-refractivity contribution in [1.82, 2.24) is 9.80 Å². The Morgan fingerprint density at radius 2 is 1.68 bits per heavy atom. The Balaban J connectivity index is 1.49. The maximum Gasteiger partial charge on any atom is 0.223 e. The summed E-state index contributed by atoms with van der Waals surface area (Å²) in [5, 5.41) is 0. The Labute approximate surface area is 115 Å².